The highest BCUT2D eigenvalue weighted by atomic mass is 16.5. The molecule has 1 fully saturated rings. The number of carboxylic acids is 1. The van der Waals surface area contributed by atoms with Crippen LogP contribution in [-0.2, 0) is 4.74 Å². The smallest absolute Gasteiger partial charge is 0.354 e. The average Bonchev–Trinajstić information content (AvgIpc) is 2.36. The molecule has 1 aromatic heterocycles. The monoisotopic (exact) mass is 259 g/mol. The van der Waals surface area contributed by atoms with E-state index < -0.39 is 5.97 Å². The number of nitrogens with zero attached hydrogens (tertiary/aromatic N) is 1. The van der Waals surface area contributed by atoms with Crippen molar-refractivity contribution in [2.24, 2.45) is 5.92 Å². The van der Waals surface area contributed by atoms with Crippen molar-refractivity contribution in [3.8, 4) is 5.75 Å². The number of rotatable bonds is 4. The van der Waals surface area contributed by atoms with Gasteiger partial charge in [-0.05, 0) is 12.1 Å². The second kappa shape index (κ2) is 4.85. The van der Waals surface area contributed by atoms with E-state index in [9.17, 15) is 4.79 Å². The molecular formula is C14H13NO4. The van der Waals surface area contributed by atoms with Gasteiger partial charge in [-0.3, -0.25) is 0 Å². The number of ether oxygens (including phenoxy) is 2. The number of benzene rings is 1. The number of carbonyl (C=O) groups is 1. The Kier molecular flexibility index (Phi) is 3.05. The Morgan fingerprint density at radius 1 is 1.42 bits per heavy atom. The third-order valence-electron chi connectivity index (χ3n) is 3.08. The van der Waals surface area contributed by atoms with Crippen molar-refractivity contribution in [1.29, 1.82) is 0 Å². The fourth-order valence-corrected chi connectivity index (χ4v) is 1.96. The molecule has 98 valence electrons. The van der Waals surface area contributed by atoms with E-state index in [1.54, 1.807) is 6.07 Å². The van der Waals surface area contributed by atoms with Gasteiger partial charge < -0.3 is 14.6 Å². The maximum absolute atomic E-state index is 11.1. The van der Waals surface area contributed by atoms with Gasteiger partial charge in [-0.1, -0.05) is 12.1 Å². The van der Waals surface area contributed by atoms with E-state index in [1.165, 1.54) is 6.07 Å². The summed E-state index contributed by atoms with van der Waals surface area (Å²) in [6, 6.07) is 8.83. The summed E-state index contributed by atoms with van der Waals surface area (Å²) in [6.07, 6.45) is 0. The molecule has 3 rings (SSSR count). The predicted molar refractivity (Wildman–Crippen MR) is 68.5 cm³/mol. The van der Waals surface area contributed by atoms with Crippen molar-refractivity contribution in [2.75, 3.05) is 19.8 Å². The fraction of sp³-hybridized carbons (Fsp3) is 0.286. The van der Waals surface area contributed by atoms with Gasteiger partial charge in [0.1, 0.15) is 5.75 Å². The molecule has 0 atom stereocenters. The van der Waals surface area contributed by atoms with Crippen LogP contribution in [0, 0.1) is 5.92 Å². The second-order valence-electron chi connectivity index (χ2n) is 4.54. The molecule has 0 aliphatic carbocycles. The zero-order valence-corrected chi connectivity index (χ0v) is 10.2. The van der Waals surface area contributed by atoms with Crippen LogP contribution in [0.1, 0.15) is 10.5 Å². The van der Waals surface area contributed by atoms with Crippen LogP contribution in [0.3, 0.4) is 0 Å². The lowest BCUT2D eigenvalue weighted by Crippen LogP contribution is -2.32. The first kappa shape index (κ1) is 11.9. The number of fused-ring (bicyclic) bond motifs is 1. The first-order valence-electron chi connectivity index (χ1n) is 6.07. The highest BCUT2D eigenvalue weighted by molar-refractivity contribution is 5.93. The first-order valence-corrected chi connectivity index (χ1v) is 6.07. The van der Waals surface area contributed by atoms with Crippen LogP contribution in [0.15, 0.2) is 30.3 Å². The van der Waals surface area contributed by atoms with Gasteiger partial charge in [0.2, 0.25) is 0 Å². The predicted octanol–water partition coefficient (Wildman–Crippen LogP) is 1.96. The highest BCUT2D eigenvalue weighted by Gasteiger charge is 2.20. The number of aromatic carboxylic acids is 1. The van der Waals surface area contributed by atoms with Crippen LogP contribution in [-0.4, -0.2) is 35.9 Å². The molecule has 5 heteroatoms. The van der Waals surface area contributed by atoms with Crippen molar-refractivity contribution < 1.29 is 19.4 Å². The lowest BCUT2D eigenvalue weighted by Gasteiger charge is -2.26. The topological polar surface area (TPSA) is 68.7 Å². The van der Waals surface area contributed by atoms with E-state index in [1.807, 2.05) is 18.2 Å². The highest BCUT2D eigenvalue weighted by Crippen LogP contribution is 2.26. The summed E-state index contributed by atoms with van der Waals surface area (Å²) in [5.74, 6) is -0.0994. The average molecular weight is 259 g/mol. The Bertz CT molecular complexity index is 622. The number of carboxylic acid groups (broad SMARTS) is 1. The molecule has 0 unspecified atom stereocenters. The molecule has 1 aliphatic rings. The molecule has 5 nitrogen and oxygen atoms in total. The standard InChI is InChI=1S/C14H13NO4/c16-14(17)12-5-13(19-8-9-6-18-7-9)10-3-1-2-4-11(10)15-12/h1-5,9H,6-8H2,(H,16,17). The van der Waals surface area contributed by atoms with E-state index in [0.29, 0.717) is 37.0 Å². The molecule has 0 bridgehead atoms. The zero-order chi connectivity index (χ0) is 13.2. The lowest BCUT2D eigenvalue weighted by atomic mass is 10.1. The van der Waals surface area contributed by atoms with E-state index >= 15 is 0 Å². The number of pyridine rings is 1. The van der Waals surface area contributed by atoms with E-state index in [2.05, 4.69) is 4.98 Å². The zero-order valence-electron chi connectivity index (χ0n) is 10.2. The molecule has 2 aromatic rings. The summed E-state index contributed by atoms with van der Waals surface area (Å²) in [7, 11) is 0. The van der Waals surface area contributed by atoms with Crippen LogP contribution in [0.4, 0.5) is 0 Å². The summed E-state index contributed by atoms with van der Waals surface area (Å²) < 4.78 is 10.8. The van der Waals surface area contributed by atoms with Gasteiger partial charge in [0.25, 0.3) is 0 Å². The molecule has 0 radical (unpaired) electrons. The Balaban J connectivity index is 1.96. The molecule has 0 saturated carbocycles. The van der Waals surface area contributed by atoms with Crippen LogP contribution >= 0.6 is 0 Å². The Morgan fingerprint density at radius 2 is 2.21 bits per heavy atom. The minimum Gasteiger partial charge on any atom is -0.492 e. The first-order chi connectivity index (χ1) is 9.24. The Morgan fingerprint density at radius 3 is 2.89 bits per heavy atom. The summed E-state index contributed by atoms with van der Waals surface area (Å²) in [6.45, 7) is 1.94. The molecule has 1 aromatic carbocycles. The van der Waals surface area contributed by atoms with Gasteiger partial charge in [0.15, 0.2) is 5.69 Å². The van der Waals surface area contributed by atoms with Gasteiger partial charge in [0.05, 0.1) is 25.3 Å². The van der Waals surface area contributed by atoms with Crippen LogP contribution in [0.2, 0.25) is 0 Å². The van der Waals surface area contributed by atoms with Gasteiger partial charge in [-0.25, -0.2) is 9.78 Å². The fourth-order valence-electron chi connectivity index (χ4n) is 1.96. The Hall–Kier alpha value is -2.14. The maximum atomic E-state index is 11.1. The van der Waals surface area contributed by atoms with E-state index in [4.69, 9.17) is 14.6 Å². The normalized spacial score (nSPS) is 15.2. The SMILES string of the molecule is O=C(O)c1cc(OCC2COC2)c2ccccc2n1. The van der Waals surface area contributed by atoms with Crippen LogP contribution in [0.25, 0.3) is 10.9 Å². The van der Waals surface area contributed by atoms with Crippen molar-refractivity contribution >= 4 is 16.9 Å². The number of para-hydroxylation sites is 1. The molecule has 1 N–H and O–H groups in total. The minimum atomic E-state index is -1.05. The van der Waals surface area contributed by atoms with Gasteiger partial charge in [-0.2, -0.15) is 0 Å². The maximum Gasteiger partial charge on any atom is 0.354 e. The van der Waals surface area contributed by atoms with Gasteiger partial charge in [-0.15, -0.1) is 0 Å². The Labute approximate surface area is 109 Å². The lowest BCUT2D eigenvalue weighted by molar-refractivity contribution is -0.0506. The van der Waals surface area contributed by atoms with Crippen molar-refractivity contribution in [3.05, 3.63) is 36.0 Å². The summed E-state index contributed by atoms with van der Waals surface area (Å²) in [4.78, 5) is 15.2. The van der Waals surface area contributed by atoms with Crippen molar-refractivity contribution in [1.82, 2.24) is 4.98 Å². The summed E-state index contributed by atoms with van der Waals surface area (Å²) in [5.41, 5.74) is 0.626. The second-order valence-corrected chi connectivity index (χ2v) is 4.54. The minimum absolute atomic E-state index is 0.00133. The van der Waals surface area contributed by atoms with Crippen molar-refractivity contribution in [2.45, 2.75) is 0 Å². The van der Waals surface area contributed by atoms with Crippen LogP contribution < -0.4 is 4.74 Å². The third kappa shape index (κ3) is 2.37. The molecular weight excluding hydrogens is 246 g/mol. The van der Waals surface area contributed by atoms with Crippen molar-refractivity contribution in [3.63, 3.8) is 0 Å². The number of hydrogen-bond donors (Lipinski definition) is 1. The number of hydrogen-bond acceptors (Lipinski definition) is 4. The summed E-state index contributed by atoms with van der Waals surface area (Å²) >= 11 is 0. The van der Waals surface area contributed by atoms with E-state index in [-0.39, 0.29) is 5.69 Å². The molecule has 0 spiro atoms. The van der Waals surface area contributed by atoms with Crippen LogP contribution in [0.5, 0.6) is 5.75 Å². The molecule has 2 heterocycles. The largest absolute Gasteiger partial charge is 0.492 e. The quantitative estimate of drug-likeness (QED) is 0.909. The summed E-state index contributed by atoms with van der Waals surface area (Å²) in [5, 5.41) is 9.89. The molecule has 19 heavy (non-hydrogen) atoms. The number of aromatic nitrogens is 1. The molecule has 1 saturated heterocycles. The van der Waals surface area contributed by atoms with Gasteiger partial charge in [0, 0.05) is 17.4 Å². The van der Waals surface area contributed by atoms with E-state index in [0.717, 1.165) is 5.39 Å². The molecule has 0 amide bonds. The van der Waals surface area contributed by atoms with Gasteiger partial charge >= 0.3 is 5.97 Å². The third-order valence-corrected chi connectivity index (χ3v) is 3.08. The molecule has 1 aliphatic heterocycles.